The summed E-state index contributed by atoms with van der Waals surface area (Å²) in [5.74, 6) is 6.64. The standard InChI is InChI=1S/C11H15NO/c1-5-12-11(13-6-2)9-7-8-10(3)4/h5-6,10H,1-2,8H2,3-4H3. The van der Waals surface area contributed by atoms with Crippen LogP contribution >= 0.6 is 0 Å². The van der Waals surface area contributed by atoms with E-state index in [0.29, 0.717) is 11.8 Å². The van der Waals surface area contributed by atoms with E-state index in [4.69, 9.17) is 4.74 Å². The van der Waals surface area contributed by atoms with E-state index in [2.05, 4.69) is 43.8 Å². The van der Waals surface area contributed by atoms with Gasteiger partial charge in [0.05, 0.1) is 6.26 Å². The second kappa shape index (κ2) is 7.17. The predicted octanol–water partition coefficient (Wildman–Crippen LogP) is 2.74. The fourth-order valence-corrected chi connectivity index (χ4v) is 0.585. The van der Waals surface area contributed by atoms with E-state index in [1.54, 1.807) is 0 Å². The molecule has 0 saturated heterocycles. The van der Waals surface area contributed by atoms with Crippen LogP contribution in [0.15, 0.2) is 30.6 Å². The summed E-state index contributed by atoms with van der Waals surface area (Å²) in [5, 5.41) is 0. The van der Waals surface area contributed by atoms with Crippen LogP contribution < -0.4 is 0 Å². The lowest BCUT2D eigenvalue weighted by atomic mass is 10.1. The van der Waals surface area contributed by atoms with Crippen molar-refractivity contribution in [2.24, 2.45) is 10.9 Å². The van der Waals surface area contributed by atoms with Crippen molar-refractivity contribution >= 4 is 5.90 Å². The Hall–Kier alpha value is -1.49. The maximum absolute atomic E-state index is 4.93. The molecule has 0 aromatic rings. The molecule has 0 aromatic carbocycles. The van der Waals surface area contributed by atoms with Gasteiger partial charge in [0.2, 0.25) is 0 Å². The first-order valence-electron chi connectivity index (χ1n) is 4.15. The minimum absolute atomic E-state index is 0.339. The number of aliphatic imine (C=N–C) groups is 1. The molecule has 0 radical (unpaired) electrons. The molecule has 0 spiro atoms. The third-order valence-electron chi connectivity index (χ3n) is 1.11. The molecule has 0 saturated carbocycles. The van der Waals surface area contributed by atoms with Crippen LogP contribution in [-0.2, 0) is 4.74 Å². The summed E-state index contributed by atoms with van der Waals surface area (Å²) < 4.78 is 4.93. The number of ether oxygens (including phenoxy) is 1. The molecule has 0 aliphatic heterocycles. The topological polar surface area (TPSA) is 21.6 Å². The second-order valence-corrected chi connectivity index (χ2v) is 2.80. The van der Waals surface area contributed by atoms with Gasteiger partial charge in [-0.2, -0.15) is 0 Å². The average Bonchev–Trinajstić information content (AvgIpc) is 2.04. The van der Waals surface area contributed by atoms with E-state index in [1.165, 1.54) is 12.5 Å². The maximum Gasteiger partial charge on any atom is 0.272 e. The molecular weight excluding hydrogens is 162 g/mol. The average molecular weight is 177 g/mol. The molecule has 0 aliphatic rings. The Balaban J connectivity index is 4.21. The molecular formula is C11H15NO. The molecule has 2 nitrogen and oxygen atoms in total. The zero-order chi connectivity index (χ0) is 10.1. The van der Waals surface area contributed by atoms with Gasteiger partial charge in [0.25, 0.3) is 5.90 Å². The van der Waals surface area contributed by atoms with Gasteiger partial charge < -0.3 is 4.74 Å². The van der Waals surface area contributed by atoms with Crippen LogP contribution in [0.3, 0.4) is 0 Å². The van der Waals surface area contributed by atoms with Crippen molar-refractivity contribution in [3.63, 3.8) is 0 Å². The summed E-state index contributed by atoms with van der Waals surface area (Å²) in [6, 6.07) is 0. The molecule has 0 aromatic heterocycles. The molecule has 13 heavy (non-hydrogen) atoms. The molecule has 0 fully saturated rings. The van der Waals surface area contributed by atoms with Gasteiger partial charge in [-0.3, -0.25) is 0 Å². The zero-order valence-electron chi connectivity index (χ0n) is 8.21. The van der Waals surface area contributed by atoms with Crippen molar-refractivity contribution in [3.05, 3.63) is 25.6 Å². The Morgan fingerprint density at radius 2 is 2.23 bits per heavy atom. The van der Waals surface area contributed by atoms with Gasteiger partial charge in [0.1, 0.15) is 0 Å². The van der Waals surface area contributed by atoms with Crippen LogP contribution in [-0.4, -0.2) is 5.90 Å². The van der Waals surface area contributed by atoms with Crippen molar-refractivity contribution in [3.8, 4) is 11.8 Å². The number of rotatable bonds is 3. The highest BCUT2D eigenvalue weighted by atomic mass is 16.5. The lowest BCUT2D eigenvalue weighted by molar-refractivity contribution is 0.481. The van der Waals surface area contributed by atoms with E-state index < -0.39 is 0 Å². The molecule has 0 aliphatic carbocycles. The molecule has 0 amide bonds. The maximum atomic E-state index is 4.93. The number of hydrogen-bond donors (Lipinski definition) is 0. The van der Waals surface area contributed by atoms with Gasteiger partial charge in [0.15, 0.2) is 0 Å². The molecule has 0 atom stereocenters. The third kappa shape index (κ3) is 6.89. The summed E-state index contributed by atoms with van der Waals surface area (Å²) in [6.45, 7) is 11.1. The molecule has 70 valence electrons. The van der Waals surface area contributed by atoms with E-state index in [-0.39, 0.29) is 0 Å². The zero-order valence-corrected chi connectivity index (χ0v) is 8.21. The fourth-order valence-electron chi connectivity index (χ4n) is 0.585. The summed E-state index contributed by atoms with van der Waals surface area (Å²) in [5.41, 5.74) is 0. The van der Waals surface area contributed by atoms with E-state index in [9.17, 15) is 0 Å². The highest BCUT2D eigenvalue weighted by Gasteiger charge is 1.90. The fraction of sp³-hybridized carbons (Fsp3) is 0.364. The van der Waals surface area contributed by atoms with Crippen LogP contribution in [0.25, 0.3) is 0 Å². The van der Waals surface area contributed by atoms with E-state index in [0.717, 1.165) is 6.42 Å². The summed E-state index contributed by atoms with van der Waals surface area (Å²) in [4.78, 5) is 3.82. The number of hydrogen-bond acceptors (Lipinski definition) is 2. The first-order valence-corrected chi connectivity index (χ1v) is 4.15. The van der Waals surface area contributed by atoms with Crippen molar-refractivity contribution in [2.45, 2.75) is 20.3 Å². The van der Waals surface area contributed by atoms with Crippen LogP contribution in [0.1, 0.15) is 20.3 Å². The lowest BCUT2D eigenvalue weighted by Crippen LogP contribution is -1.95. The van der Waals surface area contributed by atoms with Crippen LogP contribution in [0.5, 0.6) is 0 Å². The van der Waals surface area contributed by atoms with Gasteiger partial charge in [0, 0.05) is 12.6 Å². The van der Waals surface area contributed by atoms with Crippen LogP contribution in [0, 0.1) is 17.8 Å². The van der Waals surface area contributed by atoms with Crippen molar-refractivity contribution < 1.29 is 4.74 Å². The molecule has 0 unspecified atom stereocenters. The predicted molar refractivity (Wildman–Crippen MR) is 56.1 cm³/mol. The minimum atomic E-state index is 0.339. The number of nitrogens with zero attached hydrogens (tertiary/aromatic N) is 1. The smallest absolute Gasteiger partial charge is 0.272 e. The van der Waals surface area contributed by atoms with Gasteiger partial charge in [-0.25, -0.2) is 4.99 Å². The summed E-state index contributed by atoms with van der Waals surface area (Å²) in [7, 11) is 0. The summed E-state index contributed by atoms with van der Waals surface area (Å²) in [6.07, 6.45) is 3.52. The largest absolute Gasteiger partial charge is 0.441 e. The monoisotopic (exact) mass is 177 g/mol. The molecule has 0 heterocycles. The molecule has 0 rings (SSSR count). The van der Waals surface area contributed by atoms with Crippen molar-refractivity contribution in [1.82, 2.24) is 0 Å². The van der Waals surface area contributed by atoms with E-state index >= 15 is 0 Å². The van der Waals surface area contributed by atoms with Gasteiger partial charge in [-0.05, 0) is 11.8 Å². The Bertz CT molecular complexity index is 253. The quantitative estimate of drug-likeness (QED) is 0.281. The first-order chi connectivity index (χ1) is 6.20. The third-order valence-corrected chi connectivity index (χ3v) is 1.11. The van der Waals surface area contributed by atoms with Gasteiger partial charge in [-0.15, -0.1) is 0 Å². The first kappa shape index (κ1) is 11.5. The Labute approximate surface area is 80.0 Å². The Morgan fingerprint density at radius 1 is 1.54 bits per heavy atom. The van der Waals surface area contributed by atoms with Gasteiger partial charge in [-0.1, -0.05) is 32.9 Å². The SMILES string of the molecule is C=CN=C(C#CCC(C)C)OC=C. The van der Waals surface area contributed by atoms with Crippen molar-refractivity contribution in [2.75, 3.05) is 0 Å². The summed E-state index contributed by atoms with van der Waals surface area (Å²) >= 11 is 0. The highest BCUT2D eigenvalue weighted by molar-refractivity contribution is 5.94. The minimum Gasteiger partial charge on any atom is -0.441 e. The highest BCUT2D eigenvalue weighted by Crippen LogP contribution is 1.96. The van der Waals surface area contributed by atoms with Gasteiger partial charge >= 0.3 is 0 Å². The second-order valence-electron chi connectivity index (χ2n) is 2.80. The molecule has 0 bridgehead atoms. The van der Waals surface area contributed by atoms with E-state index in [1.807, 2.05) is 0 Å². The molecule has 0 N–H and O–H groups in total. The van der Waals surface area contributed by atoms with Crippen molar-refractivity contribution in [1.29, 1.82) is 0 Å². The lowest BCUT2D eigenvalue weighted by Gasteiger charge is -1.95. The Morgan fingerprint density at radius 3 is 2.69 bits per heavy atom. The van der Waals surface area contributed by atoms with Crippen LogP contribution in [0.4, 0.5) is 0 Å². The Kier molecular flexibility index (Phi) is 6.35. The molecule has 2 heteroatoms. The van der Waals surface area contributed by atoms with Crippen LogP contribution in [0.2, 0.25) is 0 Å². The normalized spacial score (nSPS) is 10.2.